The second kappa shape index (κ2) is 4.31. The van der Waals surface area contributed by atoms with Crippen LogP contribution < -0.4 is 0 Å². The van der Waals surface area contributed by atoms with Gasteiger partial charge in [-0.05, 0) is 30.2 Å². The van der Waals surface area contributed by atoms with Crippen molar-refractivity contribution in [2.24, 2.45) is 0 Å². The summed E-state index contributed by atoms with van der Waals surface area (Å²) in [6, 6.07) is 5.45. The molecule has 0 aromatic heterocycles. The van der Waals surface area contributed by atoms with E-state index in [4.69, 9.17) is 4.74 Å². The van der Waals surface area contributed by atoms with Gasteiger partial charge in [0, 0.05) is 6.42 Å². The third kappa shape index (κ3) is 2.03. The zero-order chi connectivity index (χ0) is 11.5. The Morgan fingerprint density at radius 1 is 1.44 bits per heavy atom. The van der Waals surface area contributed by atoms with Crippen LogP contribution in [0.2, 0.25) is 0 Å². The number of cyclic esters (lactones) is 1. The molecule has 0 unspecified atom stereocenters. The quantitative estimate of drug-likeness (QED) is 0.561. The molecule has 2 rings (SSSR count). The molecule has 1 aromatic rings. The molecule has 0 fully saturated rings. The van der Waals surface area contributed by atoms with Crippen LogP contribution in [0, 0.1) is 0 Å². The maximum atomic E-state index is 11.5. The number of carbonyl (C=O) groups is 2. The number of hydrogen-bond donors (Lipinski definition) is 0. The van der Waals surface area contributed by atoms with Crippen LogP contribution in [0.3, 0.4) is 0 Å². The van der Waals surface area contributed by atoms with Crippen molar-refractivity contribution in [3.8, 4) is 0 Å². The van der Waals surface area contributed by atoms with Gasteiger partial charge >= 0.3 is 5.97 Å². The van der Waals surface area contributed by atoms with Crippen LogP contribution in [-0.2, 0) is 16.0 Å². The number of esters is 1. The van der Waals surface area contributed by atoms with Crippen LogP contribution >= 0.6 is 0 Å². The van der Waals surface area contributed by atoms with Crippen LogP contribution in [0.5, 0.6) is 0 Å². The number of ketones is 1. The Morgan fingerprint density at radius 3 is 3.00 bits per heavy atom. The van der Waals surface area contributed by atoms with Crippen molar-refractivity contribution in [3.05, 3.63) is 41.0 Å². The van der Waals surface area contributed by atoms with Crippen LogP contribution in [0.25, 0.3) is 6.08 Å². The van der Waals surface area contributed by atoms with E-state index >= 15 is 0 Å². The molecule has 0 atom stereocenters. The maximum Gasteiger partial charge on any atom is 0.338 e. The standard InChI is InChI=1S/C13H12O3/c1-9(14)5-6-10-3-2-4-12-11(10)7-8-16-13(12)15/h2-6H,7-8H2,1H3. The van der Waals surface area contributed by atoms with Crippen molar-refractivity contribution in [1.29, 1.82) is 0 Å². The van der Waals surface area contributed by atoms with E-state index in [1.165, 1.54) is 13.0 Å². The number of ether oxygens (including phenoxy) is 1. The highest BCUT2D eigenvalue weighted by Gasteiger charge is 2.19. The van der Waals surface area contributed by atoms with Gasteiger partial charge in [0.05, 0.1) is 12.2 Å². The van der Waals surface area contributed by atoms with Crippen molar-refractivity contribution in [2.75, 3.05) is 6.61 Å². The minimum Gasteiger partial charge on any atom is -0.462 e. The zero-order valence-electron chi connectivity index (χ0n) is 9.03. The van der Waals surface area contributed by atoms with Gasteiger partial charge < -0.3 is 4.74 Å². The number of carbonyl (C=O) groups excluding carboxylic acids is 2. The fourth-order valence-electron chi connectivity index (χ4n) is 1.76. The summed E-state index contributed by atoms with van der Waals surface area (Å²) in [6.45, 7) is 1.91. The Bertz CT molecular complexity index is 472. The first-order valence-electron chi connectivity index (χ1n) is 5.16. The molecule has 0 saturated heterocycles. The molecule has 0 aliphatic carbocycles. The molecular weight excluding hydrogens is 204 g/mol. The second-order valence-electron chi connectivity index (χ2n) is 3.70. The third-order valence-electron chi connectivity index (χ3n) is 2.51. The number of hydrogen-bond acceptors (Lipinski definition) is 3. The molecule has 0 radical (unpaired) electrons. The largest absolute Gasteiger partial charge is 0.462 e. The van der Waals surface area contributed by atoms with Gasteiger partial charge in [-0.1, -0.05) is 18.2 Å². The highest BCUT2D eigenvalue weighted by molar-refractivity contribution is 5.95. The van der Waals surface area contributed by atoms with Gasteiger partial charge in [0.25, 0.3) is 0 Å². The minimum absolute atomic E-state index is 0.00371. The Morgan fingerprint density at radius 2 is 2.25 bits per heavy atom. The molecule has 1 aliphatic rings. The molecule has 0 spiro atoms. The van der Waals surface area contributed by atoms with E-state index < -0.39 is 0 Å². The topological polar surface area (TPSA) is 43.4 Å². The Labute approximate surface area is 93.7 Å². The van der Waals surface area contributed by atoms with Crippen LogP contribution in [-0.4, -0.2) is 18.4 Å². The summed E-state index contributed by atoms with van der Waals surface area (Å²) < 4.78 is 4.95. The second-order valence-corrected chi connectivity index (χ2v) is 3.70. The predicted octanol–water partition coefficient (Wildman–Crippen LogP) is 2.00. The number of allylic oxidation sites excluding steroid dienone is 1. The third-order valence-corrected chi connectivity index (χ3v) is 2.51. The number of rotatable bonds is 2. The summed E-state index contributed by atoms with van der Waals surface area (Å²) in [5.41, 5.74) is 2.50. The maximum absolute atomic E-state index is 11.5. The van der Waals surface area contributed by atoms with Crippen LogP contribution in [0.15, 0.2) is 24.3 Å². The lowest BCUT2D eigenvalue weighted by molar-refractivity contribution is -0.112. The van der Waals surface area contributed by atoms with Crippen LogP contribution in [0.4, 0.5) is 0 Å². The molecule has 0 N–H and O–H groups in total. The van der Waals surface area contributed by atoms with Crippen molar-refractivity contribution < 1.29 is 14.3 Å². The molecule has 82 valence electrons. The smallest absolute Gasteiger partial charge is 0.338 e. The lowest BCUT2D eigenvalue weighted by Gasteiger charge is -2.17. The number of fused-ring (bicyclic) bond motifs is 1. The van der Waals surface area contributed by atoms with Gasteiger partial charge in [0.2, 0.25) is 0 Å². The minimum atomic E-state index is -0.278. The molecule has 0 amide bonds. The Balaban J connectivity index is 2.43. The first-order chi connectivity index (χ1) is 7.68. The fourth-order valence-corrected chi connectivity index (χ4v) is 1.76. The van der Waals surface area contributed by atoms with Crippen molar-refractivity contribution in [1.82, 2.24) is 0 Å². The molecule has 0 saturated carbocycles. The summed E-state index contributed by atoms with van der Waals surface area (Å²) in [6.07, 6.45) is 3.97. The van der Waals surface area contributed by atoms with Crippen molar-refractivity contribution in [3.63, 3.8) is 0 Å². The van der Waals surface area contributed by atoms with E-state index in [1.54, 1.807) is 18.2 Å². The summed E-state index contributed by atoms with van der Waals surface area (Å²) in [7, 11) is 0. The van der Waals surface area contributed by atoms with E-state index in [0.717, 1.165) is 11.1 Å². The normalized spacial score (nSPS) is 14.7. The lowest BCUT2D eigenvalue weighted by atomic mass is 9.96. The highest BCUT2D eigenvalue weighted by Crippen LogP contribution is 2.21. The van der Waals surface area contributed by atoms with Gasteiger partial charge in [-0.3, -0.25) is 4.79 Å². The highest BCUT2D eigenvalue weighted by atomic mass is 16.5. The Hall–Kier alpha value is -1.90. The summed E-state index contributed by atoms with van der Waals surface area (Å²) >= 11 is 0. The van der Waals surface area contributed by atoms with E-state index in [1.807, 2.05) is 6.07 Å². The lowest BCUT2D eigenvalue weighted by Crippen LogP contribution is -2.18. The van der Waals surface area contributed by atoms with Gasteiger partial charge in [-0.2, -0.15) is 0 Å². The average molecular weight is 216 g/mol. The fraction of sp³-hybridized carbons (Fsp3) is 0.231. The van der Waals surface area contributed by atoms with Crippen LogP contribution in [0.1, 0.15) is 28.4 Å². The first-order valence-corrected chi connectivity index (χ1v) is 5.16. The van der Waals surface area contributed by atoms with E-state index in [-0.39, 0.29) is 11.8 Å². The predicted molar refractivity (Wildman–Crippen MR) is 60.1 cm³/mol. The molecule has 1 aromatic carbocycles. The number of benzene rings is 1. The van der Waals surface area contributed by atoms with Crippen molar-refractivity contribution in [2.45, 2.75) is 13.3 Å². The molecule has 3 heteroatoms. The van der Waals surface area contributed by atoms with Gasteiger partial charge in [0.1, 0.15) is 0 Å². The summed E-state index contributed by atoms with van der Waals surface area (Å²) in [5, 5.41) is 0. The molecule has 1 aliphatic heterocycles. The molecular formula is C13H12O3. The molecule has 0 bridgehead atoms. The van der Waals surface area contributed by atoms with E-state index in [0.29, 0.717) is 18.6 Å². The monoisotopic (exact) mass is 216 g/mol. The molecule has 16 heavy (non-hydrogen) atoms. The SMILES string of the molecule is CC(=O)C=Cc1cccc2c1CCOC2=O. The van der Waals surface area contributed by atoms with Gasteiger partial charge in [0.15, 0.2) is 5.78 Å². The van der Waals surface area contributed by atoms with Gasteiger partial charge in [-0.15, -0.1) is 0 Å². The van der Waals surface area contributed by atoms with E-state index in [9.17, 15) is 9.59 Å². The molecule has 1 heterocycles. The van der Waals surface area contributed by atoms with Crippen molar-refractivity contribution >= 4 is 17.8 Å². The first kappa shape index (κ1) is 10.6. The summed E-state index contributed by atoms with van der Waals surface area (Å²) in [4.78, 5) is 22.3. The van der Waals surface area contributed by atoms with E-state index in [2.05, 4.69) is 0 Å². The summed E-state index contributed by atoms with van der Waals surface area (Å²) in [5.74, 6) is -0.282. The molecule has 3 nitrogen and oxygen atoms in total. The average Bonchev–Trinajstić information content (AvgIpc) is 2.27. The van der Waals surface area contributed by atoms with Gasteiger partial charge in [-0.25, -0.2) is 4.79 Å². The Kier molecular flexibility index (Phi) is 2.86. The zero-order valence-corrected chi connectivity index (χ0v) is 9.03.